The van der Waals surface area contributed by atoms with Crippen LogP contribution in [-0.4, -0.2) is 65.2 Å². The Hall–Kier alpha value is -1.15. The number of anilines is 1. The molecule has 0 spiro atoms. The molecule has 138 valence electrons. The Morgan fingerprint density at radius 3 is 2.48 bits per heavy atom. The molecule has 1 heterocycles. The van der Waals surface area contributed by atoms with Gasteiger partial charge in [0.15, 0.2) is 0 Å². The number of thiocarbonyl (C=S) groups is 1. The van der Waals surface area contributed by atoms with Gasteiger partial charge >= 0.3 is 0 Å². The van der Waals surface area contributed by atoms with Gasteiger partial charge in [-0.3, -0.25) is 9.69 Å². The quantitative estimate of drug-likeness (QED) is 0.733. The molecule has 0 aliphatic carbocycles. The number of carbonyl (C=O) groups is 1. The normalized spacial score (nSPS) is 15.0. The Balaban J connectivity index is 1.76. The van der Waals surface area contributed by atoms with Crippen molar-refractivity contribution in [1.29, 1.82) is 0 Å². The summed E-state index contributed by atoms with van der Waals surface area (Å²) in [5.41, 5.74) is 2.07. The second-order valence-electron chi connectivity index (χ2n) is 5.86. The summed E-state index contributed by atoms with van der Waals surface area (Å²) in [6.45, 7) is 10.4. The number of nitrogens with zero attached hydrogens (tertiary/aromatic N) is 2. The fourth-order valence-corrected chi connectivity index (χ4v) is 3.81. The number of hydrogen-bond donors (Lipinski definition) is 1. The molecule has 2 rings (SSSR count). The molecule has 0 atom stereocenters. The lowest BCUT2D eigenvalue weighted by molar-refractivity contribution is -0.113. The zero-order valence-corrected chi connectivity index (χ0v) is 16.6. The lowest BCUT2D eigenvalue weighted by atomic mass is 10.2. The average Bonchev–Trinajstić information content (AvgIpc) is 2.63. The van der Waals surface area contributed by atoms with Crippen molar-refractivity contribution in [2.75, 3.05) is 50.5 Å². The molecule has 0 radical (unpaired) electrons. The molecule has 1 N–H and O–H groups in total. The zero-order chi connectivity index (χ0) is 18.1. The minimum absolute atomic E-state index is 0.0274. The minimum atomic E-state index is -0.0274. The Morgan fingerprint density at radius 1 is 1.24 bits per heavy atom. The molecule has 1 fully saturated rings. The molecule has 1 aromatic carbocycles. The van der Waals surface area contributed by atoms with E-state index >= 15 is 0 Å². The van der Waals surface area contributed by atoms with Crippen molar-refractivity contribution in [2.45, 2.75) is 20.4 Å². The van der Waals surface area contributed by atoms with Crippen molar-refractivity contribution in [1.82, 2.24) is 9.80 Å². The average molecular weight is 382 g/mol. The molecule has 1 aliphatic heterocycles. The van der Waals surface area contributed by atoms with Crippen molar-refractivity contribution >= 4 is 39.9 Å². The van der Waals surface area contributed by atoms with Crippen LogP contribution >= 0.6 is 24.0 Å². The molecule has 1 saturated heterocycles. The first-order valence-electron chi connectivity index (χ1n) is 8.73. The monoisotopic (exact) mass is 381 g/mol. The predicted molar refractivity (Wildman–Crippen MR) is 109 cm³/mol. The van der Waals surface area contributed by atoms with Gasteiger partial charge in [0.05, 0.1) is 19.0 Å². The molecule has 0 aromatic heterocycles. The number of hydrogen-bond acceptors (Lipinski definition) is 5. The van der Waals surface area contributed by atoms with Gasteiger partial charge in [0.1, 0.15) is 4.32 Å². The third-order valence-corrected chi connectivity index (χ3v) is 5.62. The maximum atomic E-state index is 12.1. The summed E-state index contributed by atoms with van der Waals surface area (Å²) in [5, 5.41) is 2.93. The number of morpholine rings is 1. The Labute approximate surface area is 160 Å². The van der Waals surface area contributed by atoms with Gasteiger partial charge in [-0.25, -0.2) is 0 Å². The van der Waals surface area contributed by atoms with E-state index in [4.69, 9.17) is 17.0 Å². The van der Waals surface area contributed by atoms with E-state index in [9.17, 15) is 4.79 Å². The first-order chi connectivity index (χ1) is 12.1. The van der Waals surface area contributed by atoms with Gasteiger partial charge in [-0.05, 0) is 31.5 Å². The van der Waals surface area contributed by atoms with Crippen LogP contribution in [0.15, 0.2) is 24.3 Å². The Morgan fingerprint density at radius 2 is 1.88 bits per heavy atom. The maximum absolute atomic E-state index is 12.1. The summed E-state index contributed by atoms with van der Waals surface area (Å²) in [6.07, 6.45) is 0. The molecule has 0 bridgehead atoms. The largest absolute Gasteiger partial charge is 0.379 e. The topological polar surface area (TPSA) is 44.8 Å². The summed E-state index contributed by atoms with van der Waals surface area (Å²) < 4.78 is 6.14. The van der Waals surface area contributed by atoms with Crippen molar-refractivity contribution in [3.8, 4) is 0 Å². The fourth-order valence-electron chi connectivity index (χ4n) is 2.61. The second-order valence-corrected chi connectivity index (χ2v) is 7.47. The fraction of sp³-hybridized carbons (Fsp3) is 0.556. The summed E-state index contributed by atoms with van der Waals surface area (Å²) in [5.74, 6) is 0.311. The number of ether oxygens (including phenoxy) is 1. The molecule has 0 unspecified atom stereocenters. The van der Waals surface area contributed by atoms with Crippen LogP contribution in [0.3, 0.4) is 0 Å². The Kier molecular flexibility index (Phi) is 8.67. The van der Waals surface area contributed by atoms with Gasteiger partial charge < -0.3 is 15.0 Å². The molecular weight excluding hydrogens is 354 g/mol. The molecule has 25 heavy (non-hydrogen) atoms. The maximum Gasteiger partial charge on any atom is 0.234 e. The number of nitrogens with one attached hydrogen (secondary N) is 1. The van der Waals surface area contributed by atoms with Crippen molar-refractivity contribution < 1.29 is 9.53 Å². The van der Waals surface area contributed by atoms with E-state index in [0.717, 1.165) is 55.9 Å². The molecule has 7 heteroatoms. The van der Waals surface area contributed by atoms with E-state index < -0.39 is 0 Å². The van der Waals surface area contributed by atoms with E-state index in [0.29, 0.717) is 5.75 Å². The third-order valence-electron chi connectivity index (χ3n) is 4.10. The van der Waals surface area contributed by atoms with E-state index in [1.54, 1.807) is 0 Å². The second kappa shape index (κ2) is 10.8. The first-order valence-corrected chi connectivity index (χ1v) is 10.1. The van der Waals surface area contributed by atoms with Crippen LogP contribution in [0.25, 0.3) is 0 Å². The highest BCUT2D eigenvalue weighted by Crippen LogP contribution is 2.14. The van der Waals surface area contributed by atoms with Crippen LogP contribution in [0.4, 0.5) is 5.69 Å². The van der Waals surface area contributed by atoms with Crippen LogP contribution in [0.1, 0.15) is 19.4 Å². The van der Waals surface area contributed by atoms with Crippen LogP contribution in [-0.2, 0) is 16.1 Å². The van der Waals surface area contributed by atoms with Gasteiger partial charge in [-0.2, -0.15) is 0 Å². The molecule has 0 saturated carbocycles. The van der Waals surface area contributed by atoms with E-state index in [-0.39, 0.29) is 5.91 Å². The van der Waals surface area contributed by atoms with Crippen molar-refractivity contribution in [3.63, 3.8) is 0 Å². The van der Waals surface area contributed by atoms with Crippen LogP contribution in [0, 0.1) is 0 Å². The Bertz CT molecular complexity index is 556. The summed E-state index contributed by atoms with van der Waals surface area (Å²) in [6, 6.07) is 8.06. The number of rotatable bonds is 7. The number of amides is 1. The molecule has 1 aliphatic rings. The highest BCUT2D eigenvalue weighted by Gasteiger charge is 2.11. The first kappa shape index (κ1) is 20.2. The number of benzene rings is 1. The van der Waals surface area contributed by atoms with Crippen LogP contribution < -0.4 is 5.32 Å². The van der Waals surface area contributed by atoms with Crippen molar-refractivity contribution in [3.05, 3.63) is 29.8 Å². The molecule has 1 amide bonds. The lowest BCUT2D eigenvalue weighted by Crippen LogP contribution is -2.35. The van der Waals surface area contributed by atoms with Gasteiger partial charge in [0.2, 0.25) is 5.91 Å². The lowest BCUT2D eigenvalue weighted by Gasteiger charge is -2.26. The predicted octanol–water partition coefficient (Wildman–Crippen LogP) is 2.82. The van der Waals surface area contributed by atoms with Gasteiger partial charge in [0.25, 0.3) is 0 Å². The third kappa shape index (κ3) is 6.93. The SMILES string of the molecule is CCN(CC)C(=S)SCC(=O)Nc1ccc(CN2CCOCC2)cc1. The smallest absolute Gasteiger partial charge is 0.234 e. The zero-order valence-electron chi connectivity index (χ0n) is 15.0. The van der Waals surface area contributed by atoms with E-state index in [1.807, 2.05) is 12.1 Å². The molecular formula is C18H27N3O2S2. The molecule has 5 nitrogen and oxygen atoms in total. The number of carbonyl (C=O) groups excluding carboxylic acids is 1. The van der Waals surface area contributed by atoms with Gasteiger partial charge in [0, 0.05) is 38.4 Å². The van der Waals surface area contributed by atoms with Crippen LogP contribution in [0.2, 0.25) is 0 Å². The summed E-state index contributed by atoms with van der Waals surface area (Å²) >= 11 is 6.76. The summed E-state index contributed by atoms with van der Waals surface area (Å²) in [7, 11) is 0. The van der Waals surface area contributed by atoms with Crippen molar-refractivity contribution in [2.24, 2.45) is 0 Å². The van der Waals surface area contributed by atoms with Crippen LogP contribution in [0.5, 0.6) is 0 Å². The van der Waals surface area contributed by atoms with Gasteiger partial charge in [-0.1, -0.05) is 36.1 Å². The summed E-state index contributed by atoms with van der Waals surface area (Å²) in [4.78, 5) is 16.5. The molecule has 1 aromatic rings. The van der Waals surface area contributed by atoms with E-state index in [2.05, 4.69) is 41.1 Å². The van der Waals surface area contributed by atoms with E-state index in [1.165, 1.54) is 17.3 Å². The standard InChI is InChI=1S/C18H27N3O2S2/c1-3-21(4-2)18(24)25-14-17(22)19-16-7-5-15(6-8-16)13-20-9-11-23-12-10-20/h5-8H,3-4,9-14H2,1-2H3,(H,19,22). The van der Waals surface area contributed by atoms with Gasteiger partial charge in [-0.15, -0.1) is 0 Å². The highest BCUT2D eigenvalue weighted by atomic mass is 32.2. The number of thioether (sulfide) groups is 1. The minimum Gasteiger partial charge on any atom is -0.379 e. The highest BCUT2D eigenvalue weighted by molar-refractivity contribution is 8.23.